The van der Waals surface area contributed by atoms with Crippen molar-refractivity contribution in [1.29, 1.82) is 0 Å². The van der Waals surface area contributed by atoms with Gasteiger partial charge < -0.3 is 35.0 Å². The van der Waals surface area contributed by atoms with Gasteiger partial charge in [-0.3, -0.25) is 63.2 Å². The van der Waals surface area contributed by atoms with Crippen LogP contribution in [0.4, 0.5) is 66.0 Å². The first-order valence-corrected chi connectivity index (χ1v) is 49.0. The zero-order valence-corrected chi connectivity index (χ0v) is 85.9. The summed E-state index contributed by atoms with van der Waals surface area (Å²) in [6, 6.07) is 52.7. The molecule has 0 spiro atoms. The average molecular weight is 2120 g/mol. The Labute approximate surface area is 844 Å². The van der Waals surface area contributed by atoms with Crippen LogP contribution in [0.15, 0.2) is 214 Å². The molecule has 36 heteroatoms. The molecule has 140 heavy (non-hydrogen) atoms. The van der Waals surface area contributed by atoms with E-state index in [0.717, 1.165) is 114 Å². The fourth-order valence-corrected chi connectivity index (χ4v) is 18.3. The Morgan fingerprint density at radius 3 is 1.14 bits per heavy atom. The summed E-state index contributed by atoms with van der Waals surface area (Å²) in [5, 5.41) is 15.7. The molecule has 0 fully saturated rings. The zero-order chi connectivity index (χ0) is 100. The molecular formula is C104H110Br2ClF6N15O9S3. The lowest BCUT2D eigenvalue weighted by Crippen LogP contribution is -2.45. The van der Waals surface area contributed by atoms with Crippen molar-refractivity contribution >= 4 is 193 Å². The summed E-state index contributed by atoms with van der Waals surface area (Å²) in [5.41, 5.74) is 15.3. The molecule has 6 aromatic heterocycles. The van der Waals surface area contributed by atoms with Crippen LogP contribution in [0.25, 0.3) is 50.2 Å². The van der Waals surface area contributed by atoms with Crippen molar-refractivity contribution in [3.05, 3.63) is 282 Å². The van der Waals surface area contributed by atoms with E-state index >= 15 is 0 Å². The molecule has 0 saturated carbocycles. The highest BCUT2D eigenvalue weighted by molar-refractivity contribution is 9.09. The van der Waals surface area contributed by atoms with Gasteiger partial charge in [0.25, 0.3) is 37.0 Å². The maximum Gasteiger partial charge on any atom is 0.410 e. The summed E-state index contributed by atoms with van der Waals surface area (Å²) in [7, 11) is 0. The molecule has 3 aliphatic rings. The quantitative estimate of drug-likeness (QED) is 0.0132. The van der Waals surface area contributed by atoms with E-state index in [1.54, 1.807) is 24.2 Å². The summed E-state index contributed by atoms with van der Waals surface area (Å²) in [4.78, 5) is 122. The SMILES string of the molecule is Br.C=CC(=O)Cl.C=CC(=O)N1CCc2ccc(-n3c(NC(=O)c4ccc(C(F)F)s4)nc4cc(CN(C(=O)OCc5ccccc5)[C@@H](C)C(C)(C)C)ccc43)cc21.C=CC(=O)N1CCc2ccc(-n3c(NC(=O)c4ccc(C(F)F)s4)nc4cc(CN[C@@H](C)C(C)(C)C)ccc43)cc21.C[C@H](NCc1ccc2c(c1)nc(NC(=O)c1ccc(C(F)F)s1)n2-c1ccc2c(c1)N(C(=O)CCBr)CC2)C(C)(C)C. The summed E-state index contributed by atoms with van der Waals surface area (Å²) >= 11 is 10.3. The fraction of sp³-hybridized carbons (Fsp3) is 0.317. The number of hydrogen-bond donors (Lipinski definition) is 5. The van der Waals surface area contributed by atoms with Crippen molar-refractivity contribution in [1.82, 2.24) is 44.2 Å². The van der Waals surface area contributed by atoms with Gasteiger partial charge in [0.1, 0.15) is 6.61 Å². The number of allylic oxidation sites excluding steroid dienone is 1. The molecule has 0 unspecified atom stereocenters. The Bertz CT molecular complexity index is 6790. The van der Waals surface area contributed by atoms with Crippen molar-refractivity contribution in [2.75, 3.05) is 55.6 Å². The van der Waals surface area contributed by atoms with E-state index in [-0.39, 0.29) is 129 Å². The van der Waals surface area contributed by atoms with E-state index in [4.69, 9.17) is 31.3 Å². The highest BCUT2D eigenvalue weighted by Crippen LogP contribution is 2.41. The van der Waals surface area contributed by atoms with Crippen LogP contribution in [0.5, 0.6) is 0 Å². The Balaban J connectivity index is 0.000000184. The third-order valence-corrected chi connectivity index (χ3v) is 28.5. The number of thiophene rings is 3. The number of anilines is 6. The van der Waals surface area contributed by atoms with E-state index < -0.39 is 48.3 Å². The molecule has 24 nitrogen and oxygen atoms in total. The van der Waals surface area contributed by atoms with Gasteiger partial charge in [0.15, 0.2) is 0 Å². The topological polar surface area (TPSA) is 272 Å². The van der Waals surface area contributed by atoms with Crippen molar-refractivity contribution in [3.63, 3.8) is 0 Å². The Hall–Kier alpha value is -12.2. The number of nitrogens with one attached hydrogen (secondary N) is 5. The first-order chi connectivity index (χ1) is 66.0. The van der Waals surface area contributed by atoms with Crippen LogP contribution < -0.4 is 41.3 Å². The zero-order valence-electron chi connectivity index (χ0n) is 79.3. The smallest absolute Gasteiger partial charge is 0.410 e. The second kappa shape index (κ2) is 46.0. The summed E-state index contributed by atoms with van der Waals surface area (Å²) in [6.07, 6.45) is -2.23. The van der Waals surface area contributed by atoms with E-state index in [1.165, 1.54) is 48.6 Å². The van der Waals surface area contributed by atoms with Gasteiger partial charge in [-0.25, -0.2) is 46.1 Å². The van der Waals surface area contributed by atoms with Crippen LogP contribution in [-0.4, -0.2) is 123 Å². The van der Waals surface area contributed by atoms with Gasteiger partial charge in [-0.15, -0.1) is 51.0 Å². The minimum atomic E-state index is -2.69. The molecular weight excluding hydrogens is 2010 g/mol. The standard InChI is InChI=1S/C39H39F2N5O4S.C31H34BrF2N5O2S.C31H33F2N5O2S.C3H3ClO.BrH/c1-6-34(47)44-19-18-27-13-14-28(21-31(27)44)46-30-15-12-26(20-29(30)42-37(46)43-36(48)33-17-16-32(51-33)35(40)41)22-45(24(2)39(3,4)5)38(49)50-23-25-10-8-7-9-11-25;1-18(31(2,3)4)35-17-19-5-8-23-22(15-19)36-30(37-29(41)26-10-9-25(42-26)28(33)34)39(23)21-7-6-20-12-14-38(24(20)16-21)27(40)11-13-32;1-6-27(39)37-14-13-20-8-9-21(16-24(20)37)38-23-10-7-19(17-34-18(2)31(3,4)5)15-22(23)35-30(38)36-29(40)26-12-11-25(41-26)28(32)33;1-2-3(4)5;/h6-17,20-21,24,35H,1,18-19,22-23H2,2-5H3,(H,42,43,48);5-10,15-16,18,28,35H,11-14,17H2,1-4H3,(H,36,37,41);6-12,15-16,18,28,34H,1,13-14,17H2,2-5H3,(H,35,36,40);2H,1H2;1H/t24-;2*18-;;/m000../s1. The third kappa shape index (κ3) is 25.4. The Kier molecular flexibility index (Phi) is 35.0. The van der Waals surface area contributed by atoms with E-state index in [2.05, 4.69) is 138 Å². The molecule has 16 rings (SSSR count). The maximum atomic E-state index is 13.6. The molecule has 736 valence electrons. The van der Waals surface area contributed by atoms with E-state index in [1.807, 2.05) is 156 Å². The highest BCUT2D eigenvalue weighted by Gasteiger charge is 2.35. The third-order valence-electron chi connectivity index (χ3n) is 24.7. The number of halogens is 9. The van der Waals surface area contributed by atoms with Crippen LogP contribution in [0, 0.1) is 16.2 Å². The van der Waals surface area contributed by atoms with Gasteiger partial charge in [0.05, 0.1) is 79.4 Å². The normalized spacial score (nSPS) is 13.4. The molecule has 9 heterocycles. The van der Waals surface area contributed by atoms with Crippen molar-refractivity contribution in [2.24, 2.45) is 16.2 Å². The number of hydrogen-bond acceptors (Lipinski definition) is 17. The van der Waals surface area contributed by atoms with Crippen molar-refractivity contribution < 1.29 is 69.4 Å². The molecule has 0 aliphatic carbocycles. The number of fused-ring (bicyclic) bond motifs is 6. The minimum absolute atomic E-state index is 0. The van der Waals surface area contributed by atoms with Crippen molar-refractivity contribution in [2.45, 2.75) is 172 Å². The lowest BCUT2D eigenvalue weighted by molar-refractivity contribution is -0.118. The first kappa shape index (κ1) is 107. The number of amides is 7. The van der Waals surface area contributed by atoms with Gasteiger partial charge in [-0.1, -0.05) is 165 Å². The van der Waals surface area contributed by atoms with Gasteiger partial charge in [0, 0.05) is 86.2 Å². The number of rotatable bonds is 28. The largest absolute Gasteiger partial charge is 0.445 e. The Morgan fingerprint density at radius 2 is 0.814 bits per heavy atom. The highest BCUT2D eigenvalue weighted by atomic mass is 79.9. The van der Waals surface area contributed by atoms with Gasteiger partial charge >= 0.3 is 6.09 Å². The van der Waals surface area contributed by atoms with E-state index in [9.17, 15) is 64.7 Å². The van der Waals surface area contributed by atoms with Gasteiger partial charge in [0.2, 0.25) is 40.8 Å². The Morgan fingerprint density at radius 1 is 0.464 bits per heavy atom. The lowest BCUT2D eigenvalue weighted by atomic mass is 9.87. The molecule has 7 amide bonds. The number of benzene rings is 7. The van der Waals surface area contributed by atoms with Crippen LogP contribution in [0.3, 0.4) is 0 Å². The number of nitrogens with zero attached hydrogens (tertiary/aromatic N) is 10. The van der Waals surface area contributed by atoms with Crippen LogP contribution in [0.2, 0.25) is 0 Å². The van der Waals surface area contributed by atoms with Crippen molar-refractivity contribution in [3.8, 4) is 17.1 Å². The second-order valence-electron chi connectivity index (χ2n) is 36.9. The molecule has 0 saturated heterocycles. The molecule has 5 N–H and O–H groups in total. The minimum Gasteiger partial charge on any atom is -0.445 e. The second-order valence-corrected chi connectivity index (χ2v) is 41.4. The first-order valence-electron chi connectivity index (χ1n) is 45.0. The fourth-order valence-electron chi connectivity index (χ4n) is 15.7. The average Bonchev–Trinajstić information content (AvgIpc) is 1.62. The predicted molar refractivity (Wildman–Crippen MR) is 556 cm³/mol. The number of carbonyl (C=O) groups excluding carboxylic acids is 8. The molecule has 3 atom stereocenters. The molecule has 0 radical (unpaired) electrons. The monoisotopic (exact) mass is 2120 g/mol. The van der Waals surface area contributed by atoms with Crippen LogP contribution in [0.1, 0.15) is 191 Å². The van der Waals surface area contributed by atoms with Gasteiger partial charge in [-0.05, 0) is 234 Å². The lowest BCUT2D eigenvalue weighted by Gasteiger charge is -2.37. The maximum absolute atomic E-state index is 13.6. The van der Waals surface area contributed by atoms with E-state index in [0.29, 0.717) is 95.7 Å². The number of aromatic nitrogens is 6. The number of imidazole rings is 3. The van der Waals surface area contributed by atoms with Crippen LogP contribution >= 0.6 is 78.5 Å². The summed E-state index contributed by atoms with van der Waals surface area (Å²) in [6.45, 7) is 39.3. The van der Waals surface area contributed by atoms with Crippen LogP contribution in [-0.2, 0) is 69.4 Å². The molecule has 0 bridgehead atoms. The number of carbonyl (C=O) groups is 8. The number of alkyl halides is 7. The predicted octanol–water partition coefficient (Wildman–Crippen LogP) is 24.8. The van der Waals surface area contributed by atoms with Gasteiger partial charge in [-0.2, -0.15) is 0 Å². The molecule has 3 aliphatic heterocycles. The number of ether oxygens (including phenoxy) is 1. The summed E-state index contributed by atoms with van der Waals surface area (Å²) in [5.74, 6) is -1.29. The molecule has 13 aromatic rings. The molecule has 7 aromatic carbocycles. The summed E-state index contributed by atoms with van der Waals surface area (Å²) < 4.78 is 90.5.